The molecule has 15 heavy (non-hydrogen) atoms. The van der Waals surface area contributed by atoms with Gasteiger partial charge in [0.05, 0.1) is 17.4 Å². The summed E-state index contributed by atoms with van der Waals surface area (Å²) in [6, 6.07) is 8.80. The Morgan fingerprint density at radius 3 is 3.07 bits per heavy atom. The van der Waals surface area contributed by atoms with E-state index in [0.29, 0.717) is 0 Å². The molecule has 72 valence electrons. The molecule has 4 rings (SSSR count). The van der Waals surface area contributed by atoms with Gasteiger partial charge in [-0.1, -0.05) is 18.2 Å². The highest BCUT2D eigenvalue weighted by atomic mass is 14.9. The molecule has 1 aliphatic carbocycles. The van der Waals surface area contributed by atoms with Crippen molar-refractivity contribution in [2.45, 2.75) is 12.8 Å². The van der Waals surface area contributed by atoms with Crippen LogP contribution in [0.5, 0.6) is 0 Å². The SMILES string of the molecule is c1cc2c3c(cc4[nH]cnc4c3c1)CC2. The Balaban J connectivity index is 2.39. The predicted molar refractivity (Wildman–Crippen MR) is 61.0 cm³/mol. The fourth-order valence-corrected chi connectivity index (χ4v) is 2.73. The number of hydrogen-bond donors (Lipinski definition) is 1. The standard InChI is InChI=1S/C13H10N2/c1-2-8-4-5-9-6-11-13(15-7-14-11)10(3-1)12(8)9/h1-3,6-7H,4-5H2,(H,14,15). The Morgan fingerprint density at radius 1 is 1.13 bits per heavy atom. The summed E-state index contributed by atoms with van der Waals surface area (Å²) in [6.07, 6.45) is 4.13. The minimum absolute atomic E-state index is 1.11. The minimum atomic E-state index is 1.11. The van der Waals surface area contributed by atoms with Gasteiger partial charge in [-0.3, -0.25) is 0 Å². The molecule has 0 fully saturated rings. The number of aryl methyl sites for hydroxylation is 2. The van der Waals surface area contributed by atoms with Crippen LogP contribution in [0.1, 0.15) is 11.1 Å². The number of aromatic nitrogens is 2. The average Bonchev–Trinajstić information content (AvgIpc) is 2.87. The Morgan fingerprint density at radius 2 is 2.07 bits per heavy atom. The molecule has 2 aromatic carbocycles. The first-order valence-electron chi connectivity index (χ1n) is 5.30. The van der Waals surface area contributed by atoms with Gasteiger partial charge in [-0.2, -0.15) is 0 Å². The van der Waals surface area contributed by atoms with E-state index < -0.39 is 0 Å². The van der Waals surface area contributed by atoms with Crippen molar-refractivity contribution < 1.29 is 0 Å². The van der Waals surface area contributed by atoms with Gasteiger partial charge in [0.15, 0.2) is 0 Å². The first-order valence-corrected chi connectivity index (χ1v) is 5.30. The van der Waals surface area contributed by atoms with Crippen LogP contribution in [-0.2, 0) is 12.8 Å². The molecule has 2 nitrogen and oxygen atoms in total. The first kappa shape index (κ1) is 7.46. The fourth-order valence-electron chi connectivity index (χ4n) is 2.73. The third-order valence-electron chi connectivity index (χ3n) is 3.38. The molecule has 1 heterocycles. The summed E-state index contributed by atoms with van der Waals surface area (Å²) in [5.41, 5.74) is 5.22. The van der Waals surface area contributed by atoms with E-state index in [4.69, 9.17) is 0 Å². The summed E-state index contributed by atoms with van der Waals surface area (Å²) in [7, 11) is 0. The van der Waals surface area contributed by atoms with Crippen molar-refractivity contribution in [3.63, 3.8) is 0 Å². The predicted octanol–water partition coefficient (Wildman–Crippen LogP) is 2.81. The summed E-state index contributed by atoms with van der Waals surface area (Å²) in [5.74, 6) is 0. The zero-order valence-electron chi connectivity index (χ0n) is 8.25. The zero-order valence-corrected chi connectivity index (χ0v) is 8.25. The molecule has 1 aliphatic rings. The Hall–Kier alpha value is -1.83. The van der Waals surface area contributed by atoms with Gasteiger partial charge in [-0.25, -0.2) is 4.98 Å². The topological polar surface area (TPSA) is 28.7 Å². The van der Waals surface area contributed by atoms with Gasteiger partial charge < -0.3 is 4.98 Å². The van der Waals surface area contributed by atoms with Gasteiger partial charge in [-0.15, -0.1) is 0 Å². The lowest BCUT2D eigenvalue weighted by atomic mass is 10.0. The van der Waals surface area contributed by atoms with Crippen molar-refractivity contribution in [3.05, 3.63) is 41.7 Å². The highest BCUT2D eigenvalue weighted by Gasteiger charge is 2.16. The smallest absolute Gasteiger partial charge is 0.0961 e. The maximum Gasteiger partial charge on any atom is 0.0961 e. The van der Waals surface area contributed by atoms with Crippen LogP contribution in [0.25, 0.3) is 21.8 Å². The maximum atomic E-state index is 4.40. The van der Waals surface area contributed by atoms with Crippen LogP contribution < -0.4 is 0 Å². The van der Waals surface area contributed by atoms with Gasteiger partial charge in [0.2, 0.25) is 0 Å². The zero-order chi connectivity index (χ0) is 9.83. The van der Waals surface area contributed by atoms with Crippen molar-refractivity contribution in [2.24, 2.45) is 0 Å². The molecule has 1 aromatic heterocycles. The third kappa shape index (κ3) is 0.820. The first-order chi connectivity index (χ1) is 7.43. The molecule has 0 amide bonds. The molecule has 0 atom stereocenters. The normalized spacial score (nSPS) is 14.1. The molecule has 1 N–H and O–H groups in total. The average molecular weight is 194 g/mol. The number of hydrogen-bond acceptors (Lipinski definition) is 1. The number of rotatable bonds is 0. The van der Waals surface area contributed by atoms with E-state index in [1.165, 1.54) is 34.7 Å². The fraction of sp³-hybridized carbons (Fsp3) is 0.154. The summed E-state index contributed by atoms with van der Waals surface area (Å²) in [4.78, 5) is 7.60. The number of nitrogens with one attached hydrogen (secondary N) is 1. The van der Waals surface area contributed by atoms with E-state index in [1.807, 2.05) is 0 Å². The Bertz CT molecular complexity index is 679. The minimum Gasteiger partial charge on any atom is -0.345 e. The van der Waals surface area contributed by atoms with E-state index in [1.54, 1.807) is 6.33 Å². The van der Waals surface area contributed by atoms with Crippen molar-refractivity contribution >= 4 is 21.8 Å². The number of fused-ring (bicyclic) bond motifs is 2. The number of imidazole rings is 1. The van der Waals surface area contributed by atoms with Crippen LogP contribution in [0.3, 0.4) is 0 Å². The van der Waals surface area contributed by atoms with Crippen LogP contribution in [-0.4, -0.2) is 9.97 Å². The second kappa shape index (κ2) is 2.40. The number of nitrogens with zero attached hydrogens (tertiary/aromatic N) is 1. The molecule has 0 saturated carbocycles. The molecule has 0 unspecified atom stereocenters. The van der Waals surface area contributed by atoms with Crippen molar-refractivity contribution in [1.82, 2.24) is 9.97 Å². The molecule has 0 aliphatic heterocycles. The second-order valence-electron chi connectivity index (χ2n) is 4.17. The van der Waals surface area contributed by atoms with Crippen LogP contribution in [0, 0.1) is 0 Å². The van der Waals surface area contributed by atoms with Crippen LogP contribution in [0.4, 0.5) is 0 Å². The Labute approximate surface area is 86.9 Å². The van der Waals surface area contributed by atoms with Gasteiger partial charge in [0.25, 0.3) is 0 Å². The summed E-state index contributed by atoms with van der Waals surface area (Å²) in [6.45, 7) is 0. The lowest BCUT2D eigenvalue weighted by molar-refractivity contribution is 1.02. The quantitative estimate of drug-likeness (QED) is 0.585. The van der Waals surface area contributed by atoms with Crippen LogP contribution in [0.2, 0.25) is 0 Å². The van der Waals surface area contributed by atoms with Gasteiger partial charge in [0.1, 0.15) is 0 Å². The molecule has 3 aromatic rings. The second-order valence-corrected chi connectivity index (χ2v) is 4.17. The highest BCUT2D eigenvalue weighted by Crippen LogP contribution is 2.34. The lowest BCUT2D eigenvalue weighted by Gasteiger charge is -2.02. The monoisotopic (exact) mass is 194 g/mol. The van der Waals surface area contributed by atoms with Crippen LogP contribution >= 0.6 is 0 Å². The molecule has 0 bridgehead atoms. The van der Waals surface area contributed by atoms with E-state index in [2.05, 4.69) is 34.2 Å². The molecular weight excluding hydrogens is 184 g/mol. The van der Waals surface area contributed by atoms with E-state index in [-0.39, 0.29) is 0 Å². The molecule has 0 spiro atoms. The Kier molecular flexibility index (Phi) is 1.19. The van der Waals surface area contributed by atoms with E-state index in [0.717, 1.165) is 11.0 Å². The number of aromatic amines is 1. The number of benzene rings is 2. The molecule has 0 saturated heterocycles. The maximum absolute atomic E-state index is 4.40. The summed E-state index contributed by atoms with van der Waals surface area (Å²) >= 11 is 0. The van der Waals surface area contributed by atoms with Gasteiger partial charge in [-0.05, 0) is 35.4 Å². The highest BCUT2D eigenvalue weighted by molar-refractivity contribution is 6.07. The molecule has 0 radical (unpaired) electrons. The third-order valence-corrected chi connectivity index (χ3v) is 3.38. The van der Waals surface area contributed by atoms with Crippen molar-refractivity contribution in [2.75, 3.05) is 0 Å². The summed E-state index contributed by atoms with van der Waals surface area (Å²) in [5, 5.41) is 2.75. The lowest BCUT2D eigenvalue weighted by Crippen LogP contribution is -1.81. The van der Waals surface area contributed by atoms with E-state index in [9.17, 15) is 0 Å². The van der Waals surface area contributed by atoms with Crippen LogP contribution in [0.15, 0.2) is 30.6 Å². The molecule has 2 heteroatoms. The van der Waals surface area contributed by atoms with E-state index >= 15 is 0 Å². The van der Waals surface area contributed by atoms with Gasteiger partial charge >= 0.3 is 0 Å². The number of H-pyrrole nitrogens is 1. The van der Waals surface area contributed by atoms with Gasteiger partial charge in [0, 0.05) is 5.39 Å². The largest absolute Gasteiger partial charge is 0.345 e. The van der Waals surface area contributed by atoms with Crippen molar-refractivity contribution in [3.8, 4) is 0 Å². The molecular formula is C13H10N2. The van der Waals surface area contributed by atoms with Crippen molar-refractivity contribution in [1.29, 1.82) is 0 Å². The summed E-state index contributed by atoms with van der Waals surface area (Å²) < 4.78 is 0.